The highest BCUT2D eigenvalue weighted by Crippen LogP contribution is 2.37. The lowest BCUT2D eigenvalue weighted by molar-refractivity contribution is 0.415. The number of nitrogens with zero attached hydrogens (tertiary/aromatic N) is 3. The van der Waals surface area contributed by atoms with Crippen molar-refractivity contribution in [2.75, 3.05) is 17.3 Å². The average molecular weight is 332 g/mol. The Kier molecular flexibility index (Phi) is 3.98. The van der Waals surface area contributed by atoms with Crippen LogP contribution in [0.3, 0.4) is 0 Å². The second-order valence-corrected chi connectivity index (χ2v) is 6.17. The number of aromatic nitrogens is 2. The maximum Gasteiger partial charge on any atom is 0.138 e. The number of fused-ring (bicyclic) bond motifs is 1. The number of hydrogen-bond acceptors (Lipinski definition) is 5. The second kappa shape index (κ2) is 6.43. The van der Waals surface area contributed by atoms with Gasteiger partial charge in [-0.15, -0.1) is 0 Å². The molecule has 5 heteroatoms. The van der Waals surface area contributed by atoms with Crippen molar-refractivity contribution in [2.45, 2.75) is 19.4 Å². The fraction of sp³-hybridized carbons (Fsp3) is 0.200. The number of ether oxygens (including phenoxy) is 1. The third-order valence-electron chi connectivity index (χ3n) is 4.45. The molecule has 0 saturated heterocycles. The summed E-state index contributed by atoms with van der Waals surface area (Å²) in [5.41, 5.74) is 3.51. The smallest absolute Gasteiger partial charge is 0.138 e. The van der Waals surface area contributed by atoms with Crippen LogP contribution in [0.4, 0.5) is 23.0 Å². The van der Waals surface area contributed by atoms with E-state index in [2.05, 4.69) is 51.4 Å². The van der Waals surface area contributed by atoms with Gasteiger partial charge in [0.15, 0.2) is 0 Å². The molecule has 0 bridgehead atoms. The molecule has 0 amide bonds. The highest BCUT2D eigenvalue weighted by Gasteiger charge is 2.27. The zero-order chi connectivity index (χ0) is 17.2. The summed E-state index contributed by atoms with van der Waals surface area (Å²) in [7, 11) is 1.66. The van der Waals surface area contributed by atoms with Crippen molar-refractivity contribution < 1.29 is 4.74 Å². The fourth-order valence-electron chi connectivity index (χ4n) is 3.31. The summed E-state index contributed by atoms with van der Waals surface area (Å²) >= 11 is 0. The fourth-order valence-corrected chi connectivity index (χ4v) is 3.31. The Morgan fingerprint density at radius 3 is 2.84 bits per heavy atom. The van der Waals surface area contributed by atoms with Crippen molar-refractivity contribution in [3.05, 3.63) is 66.5 Å². The van der Waals surface area contributed by atoms with Gasteiger partial charge < -0.3 is 15.0 Å². The number of hydrogen-bond donors (Lipinski definition) is 1. The zero-order valence-electron chi connectivity index (χ0n) is 14.3. The van der Waals surface area contributed by atoms with E-state index in [1.807, 2.05) is 30.3 Å². The molecule has 2 aromatic carbocycles. The van der Waals surface area contributed by atoms with Gasteiger partial charge in [0.25, 0.3) is 0 Å². The molecule has 5 nitrogen and oxygen atoms in total. The third kappa shape index (κ3) is 3.01. The summed E-state index contributed by atoms with van der Waals surface area (Å²) in [5.74, 6) is 2.47. The van der Waals surface area contributed by atoms with Crippen molar-refractivity contribution in [2.24, 2.45) is 0 Å². The van der Waals surface area contributed by atoms with Crippen LogP contribution in [0.2, 0.25) is 0 Å². The van der Waals surface area contributed by atoms with Gasteiger partial charge in [0.05, 0.1) is 7.11 Å². The molecule has 1 aliphatic heterocycles. The summed E-state index contributed by atoms with van der Waals surface area (Å²) in [4.78, 5) is 11.1. The lowest BCUT2D eigenvalue weighted by atomic mass is 10.1. The van der Waals surface area contributed by atoms with E-state index < -0.39 is 0 Å². The second-order valence-electron chi connectivity index (χ2n) is 6.17. The molecule has 0 radical (unpaired) electrons. The van der Waals surface area contributed by atoms with Crippen LogP contribution in [0.25, 0.3) is 0 Å². The van der Waals surface area contributed by atoms with E-state index >= 15 is 0 Å². The maximum absolute atomic E-state index is 5.27. The van der Waals surface area contributed by atoms with Crippen molar-refractivity contribution in [1.82, 2.24) is 9.97 Å². The van der Waals surface area contributed by atoms with Crippen LogP contribution in [0.5, 0.6) is 5.75 Å². The van der Waals surface area contributed by atoms with Crippen LogP contribution in [0.1, 0.15) is 12.5 Å². The lowest BCUT2D eigenvalue weighted by Crippen LogP contribution is -2.24. The van der Waals surface area contributed by atoms with Gasteiger partial charge in [0.2, 0.25) is 0 Å². The Labute approximate surface area is 147 Å². The molecule has 1 aliphatic rings. The molecular formula is C20H20N4O. The first kappa shape index (κ1) is 15.4. The zero-order valence-corrected chi connectivity index (χ0v) is 14.3. The van der Waals surface area contributed by atoms with Gasteiger partial charge >= 0.3 is 0 Å². The van der Waals surface area contributed by atoms with Crippen molar-refractivity contribution in [3.8, 4) is 5.75 Å². The van der Waals surface area contributed by atoms with E-state index in [1.54, 1.807) is 13.4 Å². The normalized spacial score (nSPS) is 15.8. The lowest BCUT2D eigenvalue weighted by Gasteiger charge is -2.24. The van der Waals surface area contributed by atoms with Crippen molar-refractivity contribution in [1.29, 1.82) is 0 Å². The molecule has 0 spiro atoms. The summed E-state index contributed by atoms with van der Waals surface area (Å²) in [5, 5.41) is 3.32. The van der Waals surface area contributed by atoms with Crippen molar-refractivity contribution in [3.63, 3.8) is 0 Å². The number of nitrogens with one attached hydrogen (secondary N) is 1. The van der Waals surface area contributed by atoms with E-state index in [0.29, 0.717) is 6.04 Å². The van der Waals surface area contributed by atoms with E-state index in [1.165, 1.54) is 11.3 Å². The Balaban J connectivity index is 1.64. The largest absolute Gasteiger partial charge is 0.497 e. The first-order valence-corrected chi connectivity index (χ1v) is 8.35. The highest BCUT2D eigenvalue weighted by molar-refractivity contribution is 5.71. The SMILES string of the molecule is COc1cccc(Nc2cc(N3c4ccccc4CC3C)ncn2)c1. The van der Waals surface area contributed by atoms with Crippen LogP contribution in [-0.4, -0.2) is 23.1 Å². The minimum absolute atomic E-state index is 0.372. The standard InChI is InChI=1S/C20H20N4O/c1-14-10-15-6-3-4-9-18(15)24(14)20-12-19(21-13-22-20)23-16-7-5-8-17(11-16)25-2/h3-9,11-14H,10H2,1-2H3,(H,21,22,23). The molecule has 3 aromatic rings. The van der Waals surface area contributed by atoms with Crippen LogP contribution in [0, 0.1) is 0 Å². The van der Waals surface area contributed by atoms with E-state index in [0.717, 1.165) is 29.5 Å². The van der Waals surface area contributed by atoms with Crippen LogP contribution in [-0.2, 0) is 6.42 Å². The molecule has 1 aromatic heterocycles. The van der Waals surface area contributed by atoms with E-state index in [4.69, 9.17) is 4.74 Å². The van der Waals surface area contributed by atoms with Gasteiger partial charge in [-0.1, -0.05) is 24.3 Å². The molecule has 0 saturated carbocycles. The number of para-hydroxylation sites is 1. The minimum atomic E-state index is 0.372. The predicted octanol–water partition coefficient (Wildman–Crippen LogP) is 4.31. The van der Waals surface area contributed by atoms with Crippen molar-refractivity contribution >= 4 is 23.0 Å². The van der Waals surface area contributed by atoms with E-state index in [-0.39, 0.29) is 0 Å². The third-order valence-corrected chi connectivity index (χ3v) is 4.45. The topological polar surface area (TPSA) is 50.3 Å². The molecule has 0 aliphatic carbocycles. The number of anilines is 4. The molecule has 1 N–H and O–H groups in total. The Morgan fingerprint density at radius 1 is 1.08 bits per heavy atom. The average Bonchev–Trinajstić information content (AvgIpc) is 2.98. The quantitative estimate of drug-likeness (QED) is 0.771. The first-order valence-electron chi connectivity index (χ1n) is 8.35. The highest BCUT2D eigenvalue weighted by atomic mass is 16.5. The minimum Gasteiger partial charge on any atom is -0.497 e. The molecule has 4 rings (SSSR count). The summed E-state index contributed by atoms with van der Waals surface area (Å²) < 4.78 is 5.27. The number of methoxy groups -OCH3 is 1. The molecule has 126 valence electrons. The molecule has 1 atom stereocenters. The summed E-state index contributed by atoms with van der Waals surface area (Å²) in [6, 6.07) is 18.6. The monoisotopic (exact) mass is 332 g/mol. The van der Waals surface area contributed by atoms with Gasteiger partial charge in [-0.3, -0.25) is 0 Å². The van der Waals surface area contributed by atoms with Crippen LogP contribution >= 0.6 is 0 Å². The molecule has 2 heterocycles. The van der Waals surface area contributed by atoms with E-state index in [9.17, 15) is 0 Å². The van der Waals surface area contributed by atoms with Gasteiger partial charge in [-0.2, -0.15) is 0 Å². The van der Waals surface area contributed by atoms with Gasteiger partial charge in [0.1, 0.15) is 23.7 Å². The molecule has 25 heavy (non-hydrogen) atoms. The Bertz CT molecular complexity index is 896. The molecule has 0 fully saturated rings. The van der Waals surface area contributed by atoms with Gasteiger partial charge in [-0.25, -0.2) is 9.97 Å². The summed E-state index contributed by atoms with van der Waals surface area (Å²) in [6.07, 6.45) is 2.63. The first-order chi connectivity index (χ1) is 12.2. The van der Waals surface area contributed by atoms with Gasteiger partial charge in [-0.05, 0) is 37.1 Å². The number of benzene rings is 2. The maximum atomic E-state index is 5.27. The predicted molar refractivity (Wildman–Crippen MR) is 100 cm³/mol. The Morgan fingerprint density at radius 2 is 1.96 bits per heavy atom. The molecule has 1 unspecified atom stereocenters. The van der Waals surface area contributed by atoms with Crippen LogP contribution < -0.4 is 15.0 Å². The van der Waals surface area contributed by atoms with Crippen LogP contribution in [0.15, 0.2) is 60.9 Å². The van der Waals surface area contributed by atoms with Gasteiger partial charge in [0, 0.05) is 29.5 Å². The summed E-state index contributed by atoms with van der Waals surface area (Å²) in [6.45, 7) is 2.22. The molecular weight excluding hydrogens is 312 g/mol. The number of rotatable bonds is 4. The Hall–Kier alpha value is -3.08.